The summed E-state index contributed by atoms with van der Waals surface area (Å²) in [5, 5.41) is 7.00. The molecule has 1 N–H and O–H groups in total. The monoisotopic (exact) mass is 679 g/mol. The van der Waals surface area contributed by atoms with Crippen molar-refractivity contribution in [1.82, 2.24) is 9.97 Å². The zero-order valence-electron chi connectivity index (χ0n) is 28.8. The summed E-state index contributed by atoms with van der Waals surface area (Å²) in [6.45, 7) is 0. The molecule has 0 aliphatic carbocycles. The second-order valence-electron chi connectivity index (χ2n) is 13.4. The summed E-state index contributed by atoms with van der Waals surface area (Å²) in [4.78, 5) is 10.3. The number of aromatic nitrogens is 2. The van der Waals surface area contributed by atoms with E-state index in [9.17, 15) is 0 Å². The van der Waals surface area contributed by atoms with E-state index in [1.807, 2.05) is 30.3 Å². The molecule has 0 spiro atoms. The zero-order valence-corrected chi connectivity index (χ0v) is 28.8. The summed E-state index contributed by atoms with van der Waals surface area (Å²) in [6, 6.07) is 65.6. The van der Waals surface area contributed by atoms with Gasteiger partial charge in [0, 0.05) is 38.4 Å². The van der Waals surface area contributed by atoms with E-state index in [0.29, 0.717) is 0 Å². The first-order valence-electron chi connectivity index (χ1n) is 17.9. The predicted molar refractivity (Wildman–Crippen MR) is 218 cm³/mol. The Balaban J connectivity index is 0.991. The number of benzene rings is 7. The Morgan fingerprint density at radius 2 is 0.943 bits per heavy atom. The lowest BCUT2D eigenvalue weighted by atomic mass is 9.95. The van der Waals surface area contributed by atoms with E-state index in [2.05, 4.69) is 163 Å². The first kappa shape index (κ1) is 30.8. The molecule has 4 nitrogen and oxygen atoms in total. The van der Waals surface area contributed by atoms with Gasteiger partial charge >= 0.3 is 0 Å². The summed E-state index contributed by atoms with van der Waals surface area (Å²) < 4.78 is 6.41. The van der Waals surface area contributed by atoms with Crippen molar-refractivity contribution in [3.63, 3.8) is 0 Å². The van der Waals surface area contributed by atoms with Crippen LogP contribution in [0.1, 0.15) is 11.8 Å². The van der Waals surface area contributed by atoms with E-state index in [0.717, 1.165) is 94.7 Å². The van der Waals surface area contributed by atoms with Gasteiger partial charge in [-0.25, -0.2) is 9.97 Å². The Labute approximate surface area is 308 Å². The quantitative estimate of drug-likeness (QED) is 0.178. The van der Waals surface area contributed by atoms with Gasteiger partial charge in [0.1, 0.15) is 5.75 Å². The van der Waals surface area contributed by atoms with Gasteiger partial charge in [-0.2, -0.15) is 0 Å². The molecule has 1 unspecified atom stereocenters. The number of hydrogen-bond donors (Lipinski definition) is 1. The predicted octanol–water partition coefficient (Wildman–Crippen LogP) is 12.6. The fraction of sp³-hybridized carbons (Fsp3) is 0.0204. The highest BCUT2D eigenvalue weighted by Gasteiger charge is 2.27. The Hall–Kier alpha value is -7.04. The minimum atomic E-state index is -0.242. The molecule has 7 aromatic carbocycles. The first-order valence-corrected chi connectivity index (χ1v) is 17.9. The molecule has 0 amide bonds. The summed E-state index contributed by atoms with van der Waals surface area (Å²) in [5.41, 5.74) is 13.8. The van der Waals surface area contributed by atoms with Gasteiger partial charge in [0.05, 0.1) is 28.3 Å². The normalized spacial score (nSPS) is 13.4. The summed E-state index contributed by atoms with van der Waals surface area (Å²) in [6.07, 6.45) is -0.242. The average Bonchev–Trinajstić information content (AvgIpc) is 3.69. The Morgan fingerprint density at radius 1 is 0.415 bits per heavy atom. The molecule has 4 heteroatoms. The lowest BCUT2D eigenvalue weighted by Gasteiger charge is -2.14. The lowest BCUT2D eigenvalue weighted by molar-refractivity contribution is 0.260. The Kier molecular flexibility index (Phi) is 7.51. The number of nitrogens with zero attached hydrogens (tertiary/aromatic N) is 2. The topological polar surface area (TPSA) is 47.0 Å². The number of hydrogen-bond acceptors (Lipinski definition) is 4. The third-order valence-electron chi connectivity index (χ3n) is 10.1. The molecule has 0 fully saturated rings. The number of ether oxygens (including phenoxy) is 1. The van der Waals surface area contributed by atoms with Crippen molar-refractivity contribution in [2.45, 2.75) is 6.23 Å². The van der Waals surface area contributed by atoms with Gasteiger partial charge in [0.25, 0.3) is 0 Å². The van der Waals surface area contributed by atoms with E-state index < -0.39 is 0 Å². The molecule has 10 rings (SSSR count). The summed E-state index contributed by atoms with van der Waals surface area (Å²) in [5.74, 6) is 0.854. The second kappa shape index (κ2) is 12.9. The van der Waals surface area contributed by atoms with Gasteiger partial charge in [-0.3, -0.25) is 0 Å². The highest BCUT2D eigenvalue weighted by molar-refractivity contribution is 6.17. The van der Waals surface area contributed by atoms with Crippen LogP contribution in [0.2, 0.25) is 0 Å². The van der Waals surface area contributed by atoms with Crippen LogP contribution in [0.3, 0.4) is 0 Å². The van der Waals surface area contributed by atoms with Gasteiger partial charge in [-0.1, -0.05) is 158 Å². The van der Waals surface area contributed by atoms with Crippen LogP contribution in [-0.4, -0.2) is 9.97 Å². The van der Waals surface area contributed by atoms with Gasteiger partial charge in [0.2, 0.25) is 0 Å². The maximum Gasteiger partial charge on any atom is 0.196 e. The molecule has 1 aliphatic heterocycles. The maximum absolute atomic E-state index is 6.41. The van der Waals surface area contributed by atoms with Crippen molar-refractivity contribution >= 4 is 27.4 Å². The number of pyridine rings is 2. The molecule has 53 heavy (non-hydrogen) atoms. The van der Waals surface area contributed by atoms with Gasteiger partial charge in [0.15, 0.2) is 6.23 Å². The van der Waals surface area contributed by atoms with Crippen molar-refractivity contribution in [3.05, 3.63) is 194 Å². The van der Waals surface area contributed by atoms with Crippen LogP contribution < -0.4 is 10.1 Å². The van der Waals surface area contributed by atoms with Crippen LogP contribution in [0.5, 0.6) is 5.75 Å². The Bertz CT molecular complexity index is 2690. The molecule has 1 aliphatic rings. The smallest absolute Gasteiger partial charge is 0.196 e. The number of para-hydroxylation sites is 1. The number of anilines is 1. The van der Waals surface area contributed by atoms with Crippen molar-refractivity contribution < 1.29 is 4.74 Å². The highest BCUT2D eigenvalue weighted by Crippen LogP contribution is 2.47. The molecular weight excluding hydrogens is 647 g/mol. The summed E-state index contributed by atoms with van der Waals surface area (Å²) >= 11 is 0. The van der Waals surface area contributed by atoms with Gasteiger partial charge in [-0.15, -0.1) is 0 Å². The molecule has 0 radical (unpaired) electrons. The van der Waals surface area contributed by atoms with E-state index in [4.69, 9.17) is 14.7 Å². The number of nitrogens with one attached hydrogen (secondary N) is 1. The lowest BCUT2D eigenvalue weighted by Crippen LogP contribution is -2.09. The summed E-state index contributed by atoms with van der Waals surface area (Å²) in [7, 11) is 0. The van der Waals surface area contributed by atoms with E-state index >= 15 is 0 Å². The van der Waals surface area contributed by atoms with Crippen molar-refractivity contribution in [3.8, 4) is 61.8 Å². The molecular formula is C49H33N3O. The molecule has 250 valence electrons. The van der Waals surface area contributed by atoms with Crippen LogP contribution in [0.25, 0.3) is 77.7 Å². The van der Waals surface area contributed by atoms with Crippen LogP contribution in [0, 0.1) is 0 Å². The fourth-order valence-corrected chi connectivity index (χ4v) is 7.44. The van der Waals surface area contributed by atoms with Crippen molar-refractivity contribution in [1.29, 1.82) is 0 Å². The second-order valence-corrected chi connectivity index (χ2v) is 13.4. The van der Waals surface area contributed by atoms with E-state index in [-0.39, 0.29) is 6.23 Å². The molecule has 0 saturated heterocycles. The Morgan fingerprint density at radius 3 is 1.57 bits per heavy atom. The molecule has 0 saturated carbocycles. The van der Waals surface area contributed by atoms with Crippen molar-refractivity contribution in [2.75, 3.05) is 5.32 Å². The highest BCUT2D eigenvalue weighted by atomic mass is 16.5. The van der Waals surface area contributed by atoms with Gasteiger partial charge in [-0.05, 0) is 52.6 Å². The number of fused-ring (bicyclic) bond motifs is 5. The fourth-order valence-electron chi connectivity index (χ4n) is 7.44. The van der Waals surface area contributed by atoms with Crippen LogP contribution in [-0.2, 0) is 0 Å². The third kappa shape index (κ3) is 5.67. The number of rotatable bonds is 6. The zero-order chi connectivity index (χ0) is 35.1. The molecule has 0 bridgehead atoms. The van der Waals surface area contributed by atoms with Crippen LogP contribution in [0.4, 0.5) is 5.69 Å². The van der Waals surface area contributed by atoms with E-state index in [1.165, 1.54) is 0 Å². The SMILES string of the molecule is c1ccc(-c2cc(-c3ccc(-c4ccc(-c5nc6ccccc6c6c7c(ccc56)OC(c5ccccc5)N7)cc4)cc3)cc(-c3ccccc3)n2)cc1. The van der Waals surface area contributed by atoms with Gasteiger partial charge < -0.3 is 10.1 Å². The largest absolute Gasteiger partial charge is 0.464 e. The van der Waals surface area contributed by atoms with E-state index in [1.54, 1.807) is 0 Å². The molecule has 2 aromatic heterocycles. The maximum atomic E-state index is 6.41. The van der Waals surface area contributed by atoms with Crippen LogP contribution >= 0.6 is 0 Å². The minimum absolute atomic E-state index is 0.242. The third-order valence-corrected chi connectivity index (χ3v) is 10.1. The average molecular weight is 680 g/mol. The standard InChI is InChI=1S/C49H33N3O/c1-4-12-35(13-5-1)43-30-39(31-44(50-43)36-14-6-2-7-15-36)34-22-20-32(21-23-34)33-24-26-37(27-25-33)47-41-28-29-45-48(46(41)40-18-10-11-19-42(40)51-47)52-49(53-45)38-16-8-3-9-17-38/h1-31,49,52H. The molecule has 1 atom stereocenters. The minimum Gasteiger partial charge on any atom is -0.464 e. The van der Waals surface area contributed by atoms with Crippen LogP contribution in [0.15, 0.2) is 188 Å². The molecule has 9 aromatic rings. The molecule has 3 heterocycles. The first-order chi connectivity index (χ1) is 26.2. The van der Waals surface area contributed by atoms with Crippen molar-refractivity contribution in [2.24, 2.45) is 0 Å².